The first-order chi connectivity index (χ1) is 13.7. The van der Waals surface area contributed by atoms with Gasteiger partial charge in [0.25, 0.3) is 11.8 Å². The van der Waals surface area contributed by atoms with E-state index in [0.717, 1.165) is 0 Å². The third-order valence-electron chi connectivity index (χ3n) is 4.28. The Morgan fingerprint density at radius 3 is 2.31 bits per heavy atom. The minimum Gasteiger partial charge on any atom is -0.391 e. The Labute approximate surface area is 172 Å². The van der Waals surface area contributed by atoms with Gasteiger partial charge in [-0.2, -0.15) is 10.5 Å². The molecule has 2 aromatic carbocycles. The lowest BCUT2D eigenvalue weighted by Gasteiger charge is -2.26. The first kappa shape index (κ1) is 21.9. The van der Waals surface area contributed by atoms with Crippen molar-refractivity contribution < 1.29 is 14.7 Å². The highest BCUT2D eigenvalue weighted by molar-refractivity contribution is 6.32. The van der Waals surface area contributed by atoms with Crippen LogP contribution in [-0.4, -0.2) is 34.1 Å². The minimum atomic E-state index is -1.25. The quantitative estimate of drug-likeness (QED) is 0.388. The molecule has 0 bridgehead atoms. The van der Waals surface area contributed by atoms with Crippen LogP contribution in [0.25, 0.3) is 0 Å². The SMILES string of the molecule is Cc1c(NC(C(=O)N(N)C(=O)c2ccc(C#N)cc2)C(C)O)ccc(C#N)c1Cl. The van der Waals surface area contributed by atoms with E-state index in [-0.39, 0.29) is 16.1 Å². The number of benzene rings is 2. The molecule has 0 aromatic heterocycles. The van der Waals surface area contributed by atoms with Gasteiger partial charge in [0, 0.05) is 11.3 Å². The van der Waals surface area contributed by atoms with Gasteiger partial charge in [0.15, 0.2) is 0 Å². The molecule has 148 valence electrons. The number of halogens is 1. The molecule has 0 aliphatic rings. The van der Waals surface area contributed by atoms with Gasteiger partial charge >= 0.3 is 0 Å². The maximum absolute atomic E-state index is 12.8. The molecule has 0 spiro atoms. The third kappa shape index (κ3) is 4.71. The first-order valence-electron chi connectivity index (χ1n) is 8.48. The van der Waals surface area contributed by atoms with Gasteiger partial charge in [0.1, 0.15) is 12.1 Å². The second kappa shape index (κ2) is 9.18. The van der Waals surface area contributed by atoms with E-state index in [1.165, 1.54) is 37.3 Å². The number of amides is 2. The van der Waals surface area contributed by atoms with E-state index in [1.54, 1.807) is 13.0 Å². The summed E-state index contributed by atoms with van der Waals surface area (Å²) in [7, 11) is 0. The zero-order valence-corrected chi connectivity index (χ0v) is 16.4. The molecular formula is C20H18ClN5O3. The minimum absolute atomic E-state index is 0.113. The smallest absolute Gasteiger partial charge is 0.274 e. The zero-order valence-electron chi connectivity index (χ0n) is 15.7. The van der Waals surface area contributed by atoms with Gasteiger partial charge in [0.2, 0.25) is 0 Å². The molecule has 2 atom stereocenters. The summed E-state index contributed by atoms with van der Waals surface area (Å²) in [4.78, 5) is 25.3. The van der Waals surface area contributed by atoms with Crippen molar-refractivity contribution in [3.63, 3.8) is 0 Å². The number of hydrogen-bond acceptors (Lipinski definition) is 7. The second-order valence-electron chi connectivity index (χ2n) is 6.28. The predicted molar refractivity (Wildman–Crippen MR) is 107 cm³/mol. The average Bonchev–Trinajstić information content (AvgIpc) is 2.73. The fourth-order valence-corrected chi connectivity index (χ4v) is 2.77. The van der Waals surface area contributed by atoms with Crippen LogP contribution in [0.15, 0.2) is 36.4 Å². The Bertz CT molecular complexity index is 1020. The van der Waals surface area contributed by atoms with Gasteiger partial charge in [-0.3, -0.25) is 9.59 Å². The number of imide groups is 1. The molecule has 0 saturated heterocycles. The van der Waals surface area contributed by atoms with Gasteiger partial charge < -0.3 is 10.4 Å². The molecule has 2 amide bonds. The molecule has 0 fully saturated rings. The summed E-state index contributed by atoms with van der Waals surface area (Å²) in [5.74, 6) is 4.06. The third-order valence-corrected chi connectivity index (χ3v) is 4.77. The highest BCUT2D eigenvalue weighted by Crippen LogP contribution is 2.28. The van der Waals surface area contributed by atoms with Crippen LogP contribution in [0.1, 0.15) is 34.0 Å². The summed E-state index contributed by atoms with van der Waals surface area (Å²) in [6.07, 6.45) is -1.20. The van der Waals surface area contributed by atoms with Crippen molar-refractivity contribution in [2.45, 2.75) is 26.0 Å². The molecule has 0 radical (unpaired) electrons. The number of hydrogen-bond donors (Lipinski definition) is 3. The number of carbonyl (C=O) groups excluding carboxylic acids is 2. The molecule has 0 aliphatic carbocycles. The summed E-state index contributed by atoms with van der Waals surface area (Å²) < 4.78 is 0. The summed E-state index contributed by atoms with van der Waals surface area (Å²) in [6, 6.07) is 11.3. The maximum Gasteiger partial charge on any atom is 0.274 e. The van der Waals surface area contributed by atoms with E-state index in [2.05, 4.69) is 5.32 Å². The number of nitriles is 2. The Hall–Kier alpha value is -3.43. The molecule has 0 aliphatic heterocycles. The molecule has 9 heteroatoms. The molecule has 0 heterocycles. The van der Waals surface area contributed by atoms with Crippen molar-refractivity contribution in [1.29, 1.82) is 10.5 Å². The van der Waals surface area contributed by atoms with E-state index >= 15 is 0 Å². The van der Waals surface area contributed by atoms with Crippen molar-refractivity contribution in [2.75, 3.05) is 5.32 Å². The van der Waals surface area contributed by atoms with Crippen LogP contribution in [0.2, 0.25) is 5.02 Å². The first-order valence-corrected chi connectivity index (χ1v) is 8.86. The van der Waals surface area contributed by atoms with Crippen LogP contribution in [0.3, 0.4) is 0 Å². The van der Waals surface area contributed by atoms with Gasteiger partial charge in [-0.15, -0.1) is 0 Å². The van der Waals surface area contributed by atoms with Crippen molar-refractivity contribution >= 4 is 29.1 Å². The highest BCUT2D eigenvalue weighted by Gasteiger charge is 2.31. The van der Waals surface area contributed by atoms with Crippen LogP contribution in [-0.2, 0) is 4.79 Å². The number of aliphatic hydroxyl groups is 1. The van der Waals surface area contributed by atoms with E-state index in [1.807, 2.05) is 12.1 Å². The molecule has 4 N–H and O–H groups in total. The zero-order chi connectivity index (χ0) is 21.7. The van der Waals surface area contributed by atoms with Crippen LogP contribution in [0, 0.1) is 29.6 Å². The summed E-state index contributed by atoms with van der Waals surface area (Å²) in [5.41, 5.74) is 1.65. The number of anilines is 1. The normalized spacial score (nSPS) is 12.2. The van der Waals surface area contributed by atoms with Gasteiger partial charge in [-0.1, -0.05) is 11.6 Å². The predicted octanol–water partition coefficient (Wildman–Crippen LogP) is 2.10. The van der Waals surface area contributed by atoms with E-state index in [9.17, 15) is 14.7 Å². The second-order valence-corrected chi connectivity index (χ2v) is 6.65. The Balaban J connectivity index is 2.27. The fourth-order valence-electron chi connectivity index (χ4n) is 2.56. The number of nitrogens with two attached hydrogens (primary N) is 1. The summed E-state index contributed by atoms with van der Waals surface area (Å²) in [5, 5.41) is 31.4. The Kier molecular flexibility index (Phi) is 6.92. The standard InChI is InChI=1S/C20H18ClN5O3/c1-11-16(8-7-15(10-23)17(11)21)25-18(12(2)27)20(29)26(24)19(28)14-5-3-13(9-22)4-6-14/h3-8,12,18,25,27H,24H2,1-2H3. The number of carbonyl (C=O) groups is 2. The average molecular weight is 412 g/mol. The van der Waals surface area contributed by atoms with Gasteiger partial charge in [-0.25, -0.2) is 10.9 Å². The molecular weight excluding hydrogens is 394 g/mol. The van der Waals surface area contributed by atoms with Gasteiger partial charge in [-0.05, 0) is 55.8 Å². The number of nitrogens with one attached hydrogen (secondary N) is 1. The van der Waals surface area contributed by atoms with Crippen molar-refractivity contribution in [3.8, 4) is 12.1 Å². The van der Waals surface area contributed by atoms with Crippen LogP contribution in [0.4, 0.5) is 5.69 Å². The highest BCUT2D eigenvalue weighted by atomic mass is 35.5. The molecule has 2 rings (SSSR count). The molecule has 2 unspecified atom stereocenters. The Morgan fingerprint density at radius 1 is 1.17 bits per heavy atom. The number of nitrogens with zero attached hydrogens (tertiary/aromatic N) is 3. The number of rotatable bonds is 5. The van der Waals surface area contributed by atoms with Crippen molar-refractivity contribution in [3.05, 3.63) is 63.7 Å². The van der Waals surface area contributed by atoms with E-state index in [4.69, 9.17) is 28.0 Å². The fraction of sp³-hybridized carbons (Fsp3) is 0.200. The maximum atomic E-state index is 12.8. The van der Waals surface area contributed by atoms with E-state index in [0.29, 0.717) is 21.8 Å². The molecule has 8 nitrogen and oxygen atoms in total. The lowest BCUT2D eigenvalue weighted by Crippen LogP contribution is -2.53. The van der Waals surface area contributed by atoms with Crippen LogP contribution < -0.4 is 11.2 Å². The monoisotopic (exact) mass is 411 g/mol. The summed E-state index contributed by atoms with van der Waals surface area (Å²) >= 11 is 6.14. The number of aliphatic hydroxyl groups excluding tert-OH is 1. The lowest BCUT2D eigenvalue weighted by molar-refractivity contribution is -0.131. The largest absolute Gasteiger partial charge is 0.391 e. The van der Waals surface area contributed by atoms with Crippen LogP contribution in [0.5, 0.6) is 0 Å². The summed E-state index contributed by atoms with van der Waals surface area (Å²) in [6.45, 7) is 3.02. The number of hydrazine groups is 1. The lowest BCUT2D eigenvalue weighted by atomic mass is 10.1. The van der Waals surface area contributed by atoms with Crippen molar-refractivity contribution in [1.82, 2.24) is 5.01 Å². The Morgan fingerprint density at radius 2 is 1.79 bits per heavy atom. The molecule has 29 heavy (non-hydrogen) atoms. The van der Waals surface area contributed by atoms with E-state index < -0.39 is 24.0 Å². The topological polar surface area (TPSA) is 143 Å². The van der Waals surface area contributed by atoms with Crippen LogP contribution >= 0.6 is 11.6 Å². The molecule has 2 aromatic rings. The van der Waals surface area contributed by atoms with Gasteiger partial charge in [0.05, 0.1) is 28.3 Å². The molecule has 0 saturated carbocycles. The van der Waals surface area contributed by atoms with Crippen molar-refractivity contribution in [2.24, 2.45) is 5.84 Å².